The Hall–Kier alpha value is -3.09. The molecule has 2 N–H and O–H groups in total. The number of amides is 1. The zero-order valence-electron chi connectivity index (χ0n) is 17.2. The molecule has 0 radical (unpaired) electrons. The number of carbonyl (C=O) groups excluding carboxylic acids is 1. The van der Waals surface area contributed by atoms with E-state index in [0.717, 1.165) is 24.5 Å². The molecule has 0 heterocycles. The van der Waals surface area contributed by atoms with Gasteiger partial charge >= 0.3 is 0 Å². The number of nitrogens with one attached hydrogen (secondary N) is 2. The summed E-state index contributed by atoms with van der Waals surface area (Å²) in [5.41, 5.74) is 1.69. The van der Waals surface area contributed by atoms with E-state index in [9.17, 15) is 9.18 Å². The van der Waals surface area contributed by atoms with Gasteiger partial charge in [0, 0.05) is 32.7 Å². The van der Waals surface area contributed by atoms with Gasteiger partial charge in [-0.1, -0.05) is 12.1 Å². The first-order valence-corrected chi connectivity index (χ1v) is 9.70. The monoisotopic (exact) mass is 400 g/mol. The standard InChI is InChI=1S/C22H29FN4O2/c1-4-24-22(25-14-5-15-29-20-12-10-19(23)11-13-20)26-16-17-6-8-18(9-7-17)21(28)27(2)3/h6-13H,4-5,14-16H2,1-3H3,(H2,24,25,26). The molecule has 0 aliphatic carbocycles. The van der Waals surface area contributed by atoms with E-state index in [2.05, 4.69) is 15.6 Å². The number of ether oxygens (including phenoxy) is 1. The molecule has 0 saturated carbocycles. The molecule has 0 unspecified atom stereocenters. The molecular formula is C22H29FN4O2. The first kappa shape index (κ1) is 22.2. The van der Waals surface area contributed by atoms with Crippen LogP contribution in [0.25, 0.3) is 0 Å². The van der Waals surface area contributed by atoms with Gasteiger partial charge in [-0.25, -0.2) is 9.38 Å². The molecular weight excluding hydrogens is 371 g/mol. The van der Waals surface area contributed by atoms with Crippen LogP contribution in [0.15, 0.2) is 53.5 Å². The maximum atomic E-state index is 12.9. The first-order valence-electron chi connectivity index (χ1n) is 9.70. The molecule has 29 heavy (non-hydrogen) atoms. The Morgan fingerprint density at radius 2 is 1.76 bits per heavy atom. The lowest BCUT2D eigenvalue weighted by Crippen LogP contribution is -2.38. The Morgan fingerprint density at radius 1 is 1.07 bits per heavy atom. The molecule has 7 heteroatoms. The fourth-order valence-electron chi connectivity index (χ4n) is 2.52. The average molecular weight is 400 g/mol. The number of nitrogens with zero attached hydrogens (tertiary/aromatic N) is 2. The molecule has 6 nitrogen and oxygen atoms in total. The summed E-state index contributed by atoms with van der Waals surface area (Å²) in [6.45, 7) is 4.51. The average Bonchev–Trinajstić information content (AvgIpc) is 2.72. The zero-order valence-corrected chi connectivity index (χ0v) is 17.2. The number of benzene rings is 2. The van der Waals surface area contributed by atoms with Crippen molar-refractivity contribution in [3.8, 4) is 5.75 Å². The molecule has 0 spiro atoms. The van der Waals surface area contributed by atoms with Crippen LogP contribution in [0.1, 0.15) is 29.3 Å². The Bertz CT molecular complexity index is 789. The highest BCUT2D eigenvalue weighted by atomic mass is 19.1. The summed E-state index contributed by atoms with van der Waals surface area (Å²) in [5, 5.41) is 6.48. The highest BCUT2D eigenvalue weighted by Gasteiger charge is 2.07. The van der Waals surface area contributed by atoms with E-state index < -0.39 is 0 Å². The van der Waals surface area contributed by atoms with Crippen molar-refractivity contribution in [3.05, 3.63) is 65.5 Å². The van der Waals surface area contributed by atoms with E-state index in [0.29, 0.717) is 31.0 Å². The second-order valence-electron chi connectivity index (χ2n) is 6.67. The summed E-state index contributed by atoms with van der Waals surface area (Å²) in [4.78, 5) is 18.1. The molecule has 156 valence electrons. The molecule has 1 amide bonds. The van der Waals surface area contributed by atoms with Crippen molar-refractivity contribution in [3.63, 3.8) is 0 Å². The summed E-state index contributed by atoms with van der Waals surface area (Å²) in [6, 6.07) is 13.5. The van der Waals surface area contributed by atoms with Crippen LogP contribution in [0, 0.1) is 5.82 Å². The Kier molecular flexibility index (Phi) is 8.95. The number of guanidine groups is 1. The number of hydrogen-bond acceptors (Lipinski definition) is 3. The van der Waals surface area contributed by atoms with Gasteiger partial charge in [0.05, 0.1) is 13.2 Å². The van der Waals surface area contributed by atoms with E-state index in [4.69, 9.17) is 4.74 Å². The third-order valence-corrected chi connectivity index (χ3v) is 4.07. The van der Waals surface area contributed by atoms with E-state index in [1.165, 1.54) is 12.1 Å². The maximum Gasteiger partial charge on any atom is 0.253 e. The number of hydrogen-bond donors (Lipinski definition) is 2. The number of aliphatic imine (C=N–C) groups is 1. The highest BCUT2D eigenvalue weighted by Crippen LogP contribution is 2.11. The van der Waals surface area contributed by atoms with Gasteiger partial charge in [-0.3, -0.25) is 4.79 Å². The van der Waals surface area contributed by atoms with E-state index in [-0.39, 0.29) is 11.7 Å². The van der Waals surface area contributed by atoms with Gasteiger partial charge in [-0.15, -0.1) is 0 Å². The summed E-state index contributed by atoms with van der Waals surface area (Å²) in [5.74, 6) is 1.09. The van der Waals surface area contributed by atoms with Crippen molar-refractivity contribution < 1.29 is 13.9 Å². The van der Waals surface area contributed by atoms with Crippen molar-refractivity contribution in [2.75, 3.05) is 33.8 Å². The molecule has 0 aliphatic rings. The quantitative estimate of drug-likeness (QED) is 0.386. The lowest BCUT2D eigenvalue weighted by Gasteiger charge is -2.12. The van der Waals surface area contributed by atoms with Crippen LogP contribution in [0.3, 0.4) is 0 Å². The van der Waals surface area contributed by atoms with Crippen molar-refractivity contribution >= 4 is 11.9 Å². The van der Waals surface area contributed by atoms with Gasteiger partial charge in [0.25, 0.3) is 5.91 Å². The third kappa shape index (κ3) is 7.81. The fraction of sp³-hybridized carbons (Fsp3) is 0.364. The topological polar surface area (TPSA) is 66.0 Å². The molecule has 2 aromatic rings. The molecule has 0 aromatic heterocycles. The summed E-state index contributed by atoms with van der Waals surface area (Å²) in [6.07, 6.45) is 0.781. The van der Waals surface area contributed by atoms with E-state index in [1.54, 1.807) is 31.1 Å². The van der Waals surface area contributed by atoms with Gasteiger partial charge in [-0.2, -0.15) is 0 Å². The van der Waals surface area contributed by atoms with Gasteiger partial charge in [0.15, 0.2) is 5.96 Å². The predicted molar refractivity (Wildman–Crippen MR) is 114 cm³/mol. The van der Waals surface area contributed by atoms with Gasteiger partial charge in [0.1, 0.15) is 11.6 Å². The SMILES string of the molecule is CCNC(=NCc1ccc(C(=O)N(C)C)cc1)NCCCOc1ccc(F)cc1. The summed E-state index contributed by atoms with van der Waals surface area (Å²) < 4.78 is 18.5. The largest absolute Gasteiger partial charge is 0.494 e. The normalized spacial score (nSPS) is 11.1. The molecule has 2 rings (SSSR count). The molecule has 0 fully saturated rings. The molecule has 0 bridgehead atoms. The van der Waals surface area contributed by atoms with Gasteiger partial charge in [-0.05, 0) is 55.3 Å². The smallest absolute Gasteiger partial charge is 0.253 e. The minimum atomic E-state index is -0.274. The van der Waals surface area contributed by atoms with Crippen molar-refractivity contribution in [1.29, 1.82) is 0 Å². The maximum absolute atomic E-state index is 12.9. The third-order valence-electron chi connectivity index (χ3n) is 4.07. The Labute approximate surface area is 171 Å². The Balaban J connectivity index is 1.78. The van der Waals surface area contributed by atoms with Gasteiger partial charge in [0.2, 0.25) is 0 Å². The molecule has 0 aliphatic heterocycles. The second kappa shape index (κ2) is 11.7. The Morgan fingerprint density at radius 3 is 2.38 bits per heavy atom. The predicted octanol–water partition coefficient (Wildman–Crippen LogP) is 3.05. The van der Waals surface area contributed by atoms with Crippen molar-refractivity contribution in [2.24, 2.45) is 4.99 Å². The fourth-order valence-corrected chi connectivity index (χ4v) is 2.52. The highest BCUT2D eigenvalue weighted by molar-refractivity contribution is 5.93. The lowest BCUT2D eigenvalue weighted by atomic mass is 10.1. The van der Waals surface area contributed by atoms with Crippen LogP contribution in [0.5, 0.6) is 5.75 Å². The van der Waals surface area contributed by atoms with E-state index >= 15 is 0 Å². The van der Waals surface area contributed by atoms with Crippen LogP contribution in [0.4, 0.5) is 4.39 Å². The van der Waals surface area contributed by atoms with Crippen LogP contribution in [-0.4, -0.2) is 50.6 Å². The molecule has 2 aromatic carbocycles. The van der Waals surface area contributed by atoms with Crippen LogP contribution < -0.4 is 15.4 Å². The second-order valence-corrected chi connectivity index (χ2v) is 6.67. The minimum absolute atomic E-state index is 0.0158. The van der Waals surface area contributed by atoms with Crippen molar-refractivity contribution in [1.82, 2.24) is 15.5 Å². The number of rotatable bonds is 9. The van der Waals surface area contributed by atoms with E-state index in [1.807, 2.05) is 31.2 Å². The van der Waals surface area contributed by atoms with Crippen LogP contribution in [-0.2, 0) is 6.54 Å². The minimum Gasteiger partial charge on any atom is -0.494 e. The van der Waals surface area contributed by atoms with Crippen molar-refractivity contribution in [2.45, 2.75) is 19.9 Å². The molecule has 0 atom stereocenters. The van der Waals surface area contributed by atoms with Crippen LogP contribution >= 0.6 is 0 Å². The zero-order chi connectivity index (χ0) is 21.1. The number of carbonyl (C=O) groups is 1. The summed E-state index contributed by atoms with van der Waals surface area (Å²) >= 11 is 0. The van der Waals surface area contributed by atoms with Gasteiger partial charge < -0.3 is 20.3 Å². The lowest BCUT2D eigenvalue weighted by molar-refractivity contribution is 0.0827. The molecule has 0 saturated heterocycles. The first-order chi connectivity index (χ1) is 14.0. The van der Waals surface area contributed by atoms with Crippen LogP contribution in [0.2, 0.25) is 0 Å². The number of halogens is 1. The summed E-state index contributed by atoms with van der Waals surface area (Å²) in [7, 11) is 3.47.